The molecule has 2 unspecified atom stereocenters. The molecular weight excluding hydrogens is 416 g/mol. The van der Waals surface area contributed by atoms with E-state index in [1.807, 2.05) is 20.8 Å². The maximum absolute atomic E-state index is 13.7. The van der Waals surface area contributed by atoms with Gasteiger partial charge >= 0.3 is 23.9 Å². The van der Waals surface area contributed by atoms with Gasteiger partial charge in [-0.3, -0.25) is 19.2 Å². The van der Waals surface area contributed by atoms with Crippen molar-refractivity contribution >= 4 is 23.9 Å². The fourth-order valence-corrected chi connectivity index (χ4v) is 8.36. The highest BCUT2D eigenvalue weighted by Crippen LogP contribution is 2.72. The van der Waals surface area contributed by atoms with Gasteiger partial charge in [-0.1, -0.05) is 20.8 Å². The second-order valence-corrected chi connectivity index (χ2v) is 11.2. The summed E-state index contributed by atoms with van der Waals surface area (Å²) in [5.74, 6) is -2.02. The van der Waals surface area contributed by atoms with Gasteiger partial charge in [-0.25, -0.2) is 0 Å². The van der Waals surface area contributed by atoms with E-state index >= 15 is 0 Å². The summed E-state index contributed by atoms with van der Waals surface area (Å²) < 4.78 is 23.3. The molecule has 8 heteroatoms. The molecule has 0 aromatic rings. The van der Waals surface area contributed by atoms with Gasteiger partial charge in [0.15, 0.2) is 0 Å². The van der Waals surface area contributed by atoms with E-state index in [2.05, 4.69) is 0 Å². The lowest BCUT2D eigenvalue weighted by Gasteiger charge is -2.62. The first-order valence-corrected chi connectivity index (χ1v) is 11.7. The van der Waals surface area contributed by atoms with Crippen molar-refractivity contribution in [3.63, 3.8) is 0 Å². The smallest absolute Gasteiger partial charge is 0.316 e. The van der Waals surface area contributed by atoms with Crippen molar-refractivity contribution in [2.75, 3.05) is 6.61 Å². The molecule has 5 fully saturated rings. The zero-order chi connectivity index (χ0) is 23.2. The third-order valence-electron chi connectivity index (χ3n) is 9.50. The molecule has 3 aliphatic carbocycles. The van der Waals surface area contributed by atoms with E-state index in [1.165, 1.54) is 13.8 Å². The minimum absolute atomic E-state index is 0.0336. The molecule has 5 aliphatic rings. The second kappa shape index (κ2) is 6.70. The number of cyclic esters (lactones) is 1. The largest absolute Gasteiger partial charge is 0.465 e. The van der Waals surface area contributed by atoms with Crippen molar-refractivity contribution < 1.29 is 38.1 Å². The summed E-state index contributed by atoms with van der Waals surface area (Å²) in [5, 5.41) is 0. The molecule has 2 aliphatic heterocycles. The Labute approximate surface area is 187 Å². The molecular formula is C24H32O8. The molecule has 2 spiro atoms. The maximum Gasteiger partial charge on any atom is 0.316 e. The lowest BCUT2D eigenvalue weighted by atomic mass is 9.43. The highest BCUT2D eigenvalue weighted by Gasteiger charge is 2.80. The van der Waals surface area contributed by atoms with Crippen LogP contribution in [0, 0.1) is 39.9 Å². The Hall–Kier alpha value is -2.12. The normalized spacial score (nSPS) is 48.0. The number of esters is 4. The predicted molar refractivity (Wildman–Crippen MR) is 109 cm³/mol. The van der Waals surface area contributed by atoms with Gasteiger partial charge in [0.2, 0.25) is 0 Å². The van der Waals surface area contributed by atoms with Crippen LogP contribution >= 0.6 is 0 Å². The number of fused-ring (bicyclic) bond motifs is 1. The summed E-state index contributed by atoms with van der Waals surface area (Å²) >= 11 is 0. The van der Waals surface area contributed by atoms with Crippen molar-refractivity contribution in [3.8, 4) is 0 Å². The van der Waals surface area contributed by atoms with Crippen LogP contribution in [0.3, 0.4) is 0 Å². The second-order valence-electron chi connectivity index (χ2n) is 11.2. The van der Waals surface area contributed by atoms with Crippen molar-refractivity contribution in [3.05, 3.63) is 0 Å². The van der Waals surface area contributed by atoms with Crippen molar-refractivity contribution in [2.45, 2.75) is 78.6 Å². The number of ether oxygens (including phenoxy) is 4. The van der Waals surface area contributed by atoms with E-state index in [4.69, 9.17) is 18.9 Å². The fraction of sp³-hybridized carbons (Fsp3) is 0.833. The van der Waals surface area contributed by atoms with Gasteiger partial charge in [0.1, 0.15) is 30.3 Å². The predicted octanol–water partition coefficient (Wildman–Crippen LogP) is 2.42. The first kappa shape index (κ1) is 21.7. The van der Waals surface area contributed by atoms with Gasteiger partial charge in [-0.05, 0) is 37.0 Å². The molecule has 5 rings (SSSR count). The summed E-state index contributed by atoms with van der Waals surface area (Å²) in [4.78, 5) is 50.7. The van der Waals surface area contributed by atoms with Crippen molar-refractivity contribution in [2.24, 2.45) is 39.9 Å². The zero-order valence-electron chi connectivity index (χ0n) is 19.3. The molecule has 0 aromatic carbocycles. The SMILES string of the molecule is CC(=O)OC1C(C)[C@@H]2CC[C@H]3[C@@]45COC(=O)[C@@H]4C(C)(C)[C@@H](OC(C)=O)C[C@@H]5OC(=O)[C@]13C2. The molecule has 0 N–H and O–H groups in total. The Kier molecular flexibility index (Phi) is 4.55. The monoisotopic (exact) mass is 448 g/mol. The molecule has 176 valence electrons. The third kappa shape index (κ3) is 2.49. The molecule has 2 bridgehead atoms. The summed E-state index contributed by atoms with van der Waals surface area (Å²) in [6.07, 6.45) is 0.838. The lowest BCUT2D eigenvalue weighted by molar-refractivity contribution is -0.260. The molecule has 9 atom stereocenters. The number of carbonyl (C=O) groups is 4. The average Bonchev–Trinajstić information content (AvgIpc) is 3.15. The van der Waals surface area contributed by atoms with E-state index in [-0.39, 0.29) is 36.3 Å². The van der Waals surface area contributed by atoms with Crippen LogP contribution in [0.1, 0.15) is 60.3 Å². The van der Waals surface area contributed by atoms with Crippen LogP contribution in [-0.2, 0) is 38.1 Å². The minimum Gasteiger partial charge on any atom is -0.465 e. The van der Waals surface area contributed by atoms with E-state index in [0.717, 1.165) is 12.8 Å². The van der Waals surface area contributed by atoms with Gasteiger partial charge in [-0.15, -0.1) is 0 Å². The van der Waals surface area contributed by atoms with Crippen LogP contribution in [-0.4, -0.2) is 48.8 Å². The molecule has 32 heavy (non-hydrogen) atoms. The summed E-state index contributed by atoms with van der Waals surface area (Å²) in [5.41, 5.74) is -2.39. The number of carbonyl (C=O) groups excluding carboxylic acids is 4. The van der Waals surface area contributed by atoms with Crippen LogP contribution in [0.2, 0.25) is 0 Å². The highest BCUT2D eigenvalue weighted by molar-refractivity contribution is 5.84. The average molecular weight is 449 g/mol. The first-order chi connectivity index (χ1) is 15.0. The van der Waals surface area contributed by atoms with E-state index in [1.54, 1.807) is 0 Å². The minimum atomic E-state index is -0.971. The third-order valence-corrected chi connectivity index (χ3v) is 9.50. The van der Waals surface area contributed by atoms with Crippen LogP contribution in [0.15, 0.2) is 0 Å². The maximum atomic E-state index is 13.7. The Morgan fingerprint density at radius 3 is 2.41 bits per heavy atom. The molecule has 0 radical (unpaired) electrons. The quantitative estimate of drug-likeness (QED) is 0.468. The van der Waals surface area contributed by atoms with Gasteiger partial charge in [0.05, 0.1) is 11.3 Å². The molecule has 2 heterocycles. The van der Waals surface area contributed by atoms with Crippen LogP contribution < -0.4 is 0 Å². The van der Waals surface area contributed by atoms with Crippen LogP contribution in [0.25, 0.3) is 0 Å². The van der Waals surface area contributed by atoms with Gasteiger partial charge in [0.25, 0.3) is 0 Å². The standard InChI is InChI=1S/C24H32O8/c1-11-14-6-7-15-23(9-14,19(11)31-13(3)26)21(28)32-17-8-16(30-12(2)25)22(4,5)18-20(27)29-10-24(15,17)18/h11,14-19H,6-10H2,1-5H3/t11?,14-,15-,16+,17+,18-,19?,23+,24-/m1/s1. The molecule has 2 saturated heterocycles. The number of rotatable bonds is 2. The van der Waals surface area contributed by atoms with E-state index < -0.39 is 52.4 Å². The van der Waals surface area contributed by atoms with Crippen molar-refractivity contribution in [1.82, 2.24) is 0 Å². The zero-order valence-corrected chi connectivity index (χ0v) is 19.3. The topological polar surface area (TPSA) is 105 Å². The fourth-order valence-electron chi connectivity index (χ4n) is 8.36. The van der Waals surface area contributed by atoms with Gasteiger partial charge < -0.3 is 18.9 Å². The van der Waals surface area contributed by atoms with Crippen LogP contribution in [0.4, 0.5) is 0 Å². The Balaban J connectivity index is 1.65. The van der Waals surface area contributed by atoms with Gasteiger partial charge in [-0.2, -0.15) is 0 Å². The molecule has 0 aromatic heterocycles. The highest BCUT2D eigenvalue weighted by atomic mass is 16.6. The Morgan fingerprint density at radius 1 is 1.06 bits per heavy atom. The number of hydrogen-bond donors (Lipinski definition) is 0. The molecule has 8 nitrogen and oxygen atoms in total. The van der Waals surface area contributed by atoms with E-state index in [9.17, 15) is 19.2 Å². The first-order valence-electron chi connectivity index (χ1n) is 11.7. The molecule has 0 amide bonds. The Morgan fingerprint density at radius 2 is 1.75 bits per heavy atom. The van der Waals surface area contributed by atoms with Crippen molar-refractivity contribution in [1.29, 1.82) is 0 Å². The summed E-state index contributed by atoms with van der Waals surface area (Å²) in [6, 6.07) is 0. The van der Waals surface area contributed by atoms with Gasteiger partial charge in [0, 0.05) is 25.7 Å². The van der Waals surface area contributed by atoms with Crippen LogP contribution in [0.5, 0.6) is 0 Å². The molecule has 3 saturated carbocycles. The number of hydrogen-bond acceptors (Lipinski definition) is 8. The summed E-state index contributed by atoms with van der Waals surface area (Å²) in [7, 11) is 0. The lowest BCUT2D eigenvalue weighted by Crippen LogP contribution is -2.71. The Bertz CT molecular complexity index is 894. The summed E-state index contributed by atoms with van der Waals surface area (Å²) in [6.45, 7) is 8.80. The van der Waals surface area contributed by atoms with E-state index in [0.29, 0.717) is 12.8 Å².